The van der Waals surface area contributed by atoms with Crippen LogP contribution in [0.3, 0.4) is 0 Å². The molecule has 0 amide bonds. The van der Waals surface area contributed by atoms with Crippen LogP contribution < -0.4 is 5.32 Å². The normalized spacial score (nSPS) is 13.0. The third-order valence-corrected chi connectivity index (χ3v) is 4.05. The first-order chi connectivity index (χ1) is 9.83. The fourth-order valence-corrected chi connectivity index (χ4v) is 2.82. The van der Waals surface area contributed by atoms with Crippen molar-refractivity contribution in [3.63, 3.8) is 0 Å². The molecule has 0 radical (unpaired) electrons. The highest BCUT2D eigenvalue weighted by molar-refractivity contribution is 9.10. The van der Waals surface area contributed by atoms with Gasteiger partial charge >= 0.3 is 5.51 Å². The Morgan fingerprint density at radius 1 is 1.10 bits per heavy atom. The van der Waals surface area contributed by atoms with E-state index < -0.39 is 5.51 Å². The molecule has 0 spiro atoms. The molecule has 2 rings (SSSR count). The van der Waals surface area contributed by atoms with Crippen LogP contribution in [0.15, 0.2) is 57.9 Å². The highest BCUT2D eigenvalue weighted by atomic mass is 79.9. The van der Waals surface area contributed by atoms with Crippen molar-refractivity contribution in [1.82, 2.24) is 0 Å². The van der Waals surface area contributed by atoms with E-state index in [0.717, 1.165) is 15.7 Å². The Morgan fingerprint density at radius 2 is 1.76 bits per heavy atom. The first-order valence-corrected chi connectivity index (χ1v) is 7.82. The number of thioether (sulfide) groups is 1. The molecule has 0 aromatic heterocycles. The third-order valence-electron chi connectivity index (χ3n) is 2.82. The van der Waals surface area contributed by atoms with E-state index in [4.69, 9.17) is 0 Å². The van der Waals surface area contributed by atoms with Crippen LogP contribution in [0.2, 0.25) is 0 Å². The van der Waals surface area contributed by atoms with E-state index in [9.17, 15) is 13.2 Å². The Kier molecular flexibility index (Phi) is 5.22. The van der Waals surface area contributed by atoms with Gasteiger partial charge in [0, 0.05) is 21.1 Å². The van der Waals surface area contributed by atoms with Crippen LogP contribution in [0.1, 0.15) is 18.5 Å². The van der Waals surface area contributed by atoms with Crippen LogP contribution in [-0.2, 0) is 0 Å². The molecular formula is C15H13BrF3NS. The molecular weight excluding hydrogens is 363 g/mol. The van der Waals surface area contributed by atoms with Gasteiger partial charge in [-0.05, 0) is 60.6 Å². The van der Waals surface area contributed by atoms with Crippen molar-refractivity contribution in [3.05, 3.63) is 58.6 Å². The lowest BCUT2D eigenvalue weighted by molar-refractivity contribution is -0.0328. The predicted molar refractivity (Wildman–Crippen MR) is 84.5 cm³/mol. The van der Waals surface area contributed by atoms with E-state index in [0.29, 0.717) is 0 Å². The standard InChI is InChI=1S/C15H13BrF3NS/c1-10(11-3-2-4-12(16)9-11)20-13-5-7-14(8-6-13)21-15(17,18)19/h2-10,20H,1H3. The van der Waals surface area contributed by atoms with Gasteiger partial charge in [0.25, 0.3) is 0 Å². The van der Waals surface area contributed by atoms with Gasteiger partial charge in [0.15, 0.2) is 0 Å². The van der Waals surface area contributed by atoms with E-state index >= 15 is 0 Å². The summed E-state index contributed by atoms with van der Waals surface area (Å²) in [7, 11) is 0. The summed E-state index contributed by atoms with van der Waals surface area (Å²) in [6.45, 7) is 2.00. The van der Waals surface area contributed by atoms with Gasteiger partial charge in [0.1, 0.15) is 0 Å². The molecule has 1 atom stereocenters. The van der Waals surface area contributed by atoms with Crippen molar-refractivity contribution in [2.45, 2.75) is 23.4 Å². The number of rotatable bonds is 4. The fourth-order valence-electron chi connectivity index (χ4n) is 1.86. The molecule has 0 fully saturated rings. The quantitative estimate of drug-likeness (QED) is 0.635. The van der Waals surface area contributed by atoms with Gasteiger partial charge in [-0.2, -0.15) is 13.2 Å². The van der Waals surface area contributed by atoms with Gasteiger partial charge in [-0.1, -0.05) is 28.1 Å². The van der Waals surface area contributed by atoms with Gasteiger partial charge in [-0.25, -0.2) is 0 Å². The van der Waals surface area contributed by atoms with Crippen LogP contribution in [0.4, 0.5) is 18.9 Å². The van der Waals surface area contributed by atoms with E-state index in [1.807, 2.05) is 31.2 Å². The van der Waals surface area contributed by atoms with Crippen molar-refractivity contribution in [1.29, 1.82) is 0 Å². The Bertz CT molecular complexity index is 599. The number of alkyl halides is 3. The number of nitrogens with one attached hydrogen (secondary N) is 1. The van der Waals surface area contributed by atoms with Crippen molar-refractivity contribution >= 4 is 33.4 Å². The highest BCUT2D eigenvalue weighted by Gasteiger charge is 2.28. The summed E-state index contributed by atoms with van der Waals surface area (Å²) in [6.07, 6.45) is 0. The van der Waals surface area contributed by atoms with Gasteiger partial charge < -0.3 is 5.32 Å². The van der Waals surface area contributed by atoms with Crippen LogP contribution in [-0.4, -0.2) is 5.51 Å². The van der Waals surface area contributed by atoms with Crippen LogP contribution in [0.5, 0.6) is 0 Å². The maximum Gasteiger partial charge on any atom is 0.446 e. The monoisotopic (exact) mass is 375 g/mol. The topological polar surface area (TPSA) is 12.0 Å². The molecule has 21 heavy (non-hydrogen) atoms. The zero-order chi connectivity index (χ0) is 15.5. The van der Waals surface area contributed by atoms with Gasteiger partial charge in [-0.3, -0.25) is 0 Å². The molecule has 112 valence electrons. The Hall–Kier alpha value is -1.14. The number of halogens is 4. The Morgan fingerprint density at radius 3 is 2.33 bits per heavy atom. The molecule has 0 heterocycles. The van der Waals surface area contributed by atoms with Crippen LogP contribution in [0, 0.1) is 0 Å². The summed E-state index contributed by atoms with van der Waals surface area (Å²) in [4.78, 5) is 0.183. The van der Waals surface area contributed by atoms with Crippen molar-refractivity contribution in [2.75, 3.05) is 5.32 Å². The second kappa shape index (κ2) is 6.75. The first-order valence-electron chi connectivity index (χ1n) is 6.21. The number of hydrogen-bond acceptors (Lipinski definition) is 2. The largest absolute Gasteiger partial charge is 0.446 e. The van der Waals surface area contributed by atoms with Gasteiger partial charge in [0.05, 0.1) is 0 Å². The van der Waals surface area contributed by atoms with Crippen molar-refractivity contribution < 1.29 is 13.2 Å². The van der Waals surface area contributed by atoms with Gasteiger partial charge in [-0.15, -0.1) is 0 Å². The summed E-state index contributed by atoms with van der Waals surface area (Å²) in [6, 6.07) is 14.2. The minimum absolute atomic E-state index is 0.0589. The van der Waals surface area contributed by atoms with Crippen molar-refractivity contribution in [3.8, 4) is 0 Å². The maximum atomic E-state index is 12.3. The molecule has 2 aromatic rings. The average molecular weight is 376 g/mol. The molecule has 0 saturated heterocycles. The second-order valence-corrected chi connectivity index (χ2v) is 6.55. The maximum absolute atomic E-state index is 12.3. The first kappa shape index (κ1) is 16.2. The molecule has 1 nitrogen and oxygen atoms in total. The van der Waals surface area contributed by atoms with Gasteiger partial charge in [0.2, 0.25) is 0 Å². The highest BCUT2D eigenvalue weighted by Crippen LogP contribution is 2.37. The lowest BCUT2D eigenvalue weighted by atomic mass is 10.1. The lowest BCUT2D eigenvalue weighted by Gasteiger charge is -2.16. The van der Waals surface area contributed by atoms with Crippen LogP contribution in [0.25, 0.3) is 0 Å². The molecule has 1 unspecified atom stereocenters. The zero-order valence-corrected chi connectivity index (χ0v) is 13.5. The molecule has 2 aromatic carbocycles. The molecule has 0 aliphatic carbocycles. The average Bonchev–Trinajstić information content (AvgIpc) is 2.39. The Balaban J connectivity index is 2.03. The third kappa shape index (κ3) is 5.28. The van der Waals surface area contributed by atoms with E-state index in [-0.39, 0.29) is 22.7 Å². The molecule has 0 bridgehead atoms. The second-order valence-electron chi connectivity index (χ2n) is 4.49. The summed E-state index contributed by atoms with van der Waals surface area (Å²) >= 11 is 3.31. The summed E-state index contributed by atoms with van der Waals surface area (Å²) in [5.41, 5.74) is -2.37. The summed E-state index contributed by atoms with van der Waals surface area (Å²) in [5, 5.41) is 3.26. The fraction of sp³-hybridized carbons (Fsp3) is 0.200. The minimum Gasteiger partial charge on any atom is -0.379 e. The van der Waals surface area contributed by atoms with E-state index in [1.165, 1.54) is 12.1 Å². The molecule has 6 heteroatoms. The molecule has 0 saturated carbocycles. The van der Waals surface area contributed by atoms with E-state index in [2.05, 4.69) is 21.2 Å². The summed E-state index contributed by atoms with van der Waals surface area (Å²) in [5.74, 6) is 0. The SMILES string of the molecule is CC(Nc1ccc(SC(F)(F)F)cc1)c1cccc(Br)c1. The molecule has 0 aliphatic heterocycles. The van der Waals surface area contributed by atoms with E-state index in [1.54, 1.807) is 12.1 Å². The zero-order valence-electron chi connectivity index (χ0n) is 11.1. The number of anilines is 1. The minimum atomic E-state index is -4.25. The summed E-state index contributed by atoms with van der Waals surface area (Å²) < 4.78 is 37.8. The molecule has 0 aliphatic rings. The predicted octanol–water partition coefficient (Wildman–Crippen LogP) is 6.23. The van der Waals surface area contributed by atoms with Crippen molar-refractivity contribution in [2.24, 2.45) is 0 Å². The van der Waals surface area contributed by atoms with Crippen LogP contribution >= 0.6 is 27.7 Å². The number of benzene rings is 2. The Labute approximate surface area is 134 Å². The smallest absolute Gasteiger partial charge is 0.379 e. The molecule has 1 N–H and O–H groups in total. The number of hydrogen-bond donors (Lipinski definition) is 1. The lowest BCUT2D eigenvalue weighted by Crippen LogP contribution is -2.06.